The lowest BCUT2D eigenvalue weighted by atomic mass is 10.1. The molecule has 2 heterocycles. The van der Waals surface area contributed by atoms with Gasteiger partial charge in [0.05, 0.1) is 37.3 Å². The molecule has 0 radical (unpaired) electrons. The monoisotopic (exact) mass is 342 g/mol. The van der Waals surface area contributed by atoms with Gasteiger partial charge >= 0.3 is 0 Å². The third kappa shape index (κ3) is 4.65. The minimum atomic E-state index is -0.358. The van der Waals surface area contributed by atoms with Gasteiger partial charge in [-0.3, -0.25) is 5.41 Å². The highest BCUT2D eigenvalue weighted by molar-refractivity contribution is 6.01. The summed E-state index contributed by atoms with van der Waals surface area (Å²) in [4.78, 5) is 10.9. The van der Waals surface area contributed by atoms with Crippen molar-refractivity contribution in [1.29, 1.82) is 5.41 Å². The first-order valence-electron chi connectivity index (χ1n) is 8.12. The molecule has 25 heavy (non-hydrogen) atoms. The number of aromatic nitrogens is 2. The molecule has 0 spiro atoms. The fourth-order valence-electron chi connectivity index (χ4n) is 2.75. The van der Waals surface area contributed by atoms with Gasteiger partial charge in [-0.2, -0.15) is 4.99 Å². The molecule has 2 aromatic rings. The first-order chi connectivity index (χ1) is 12.1. The third-order valence-electron chi connectivity index (χ3n) is 3.95. The predicted molar refractivity (Wildman–Crippen MR) is 94.2 cm³/mol. The number of imidazole rings is 1. The number of hydrogen-bond acceptors (Lipinski definition) is 4. The fourth-order valence-corrected chi connectivity index (χ4v) is 2.75. The fraction of sp³-hybridized carbons (Fsp3) is 0.353. The lowest BCUT2D eigenvalue weighted by Crippen LogP contribution is -2.20. The van der Waals surface area contributed by atoms with Gasteiger partial charge in [0, 0.05) is 0 Å². The number of hydrogen-bond donors (Lipinski definition) is 4. The smallest absolute Gasteiger partial charge is 0.214 e. The Morgan fingerprint density at radius 1 is 1.32 bits per heavy atom. The highest BCUT2D eigenvalue weighted by atomic mass is 16.5. The minimum absolute atomic E-state index is 0.0590. The summed E-state index contributed by atoms with van der Waals surface area (Å²) in [6.07, 6.45) is 3.46. The molecule has 0 bridgehead atoms. The topological polar surface area (TPSA) is 135 Å². The van der Waals surface area contributed by atoms with E-state index in [1.165, 1.54) is 0 Å². The Morgan fingerprint density at radius 2 is 2.12 bits per heavy atom. The van der Waals surface area contributed by atoms with Gasteiger partial charge in [-0.15, -0.1) is 0 Å². The van der Waals surface area contributed by atoms with Crippen molar-refractivity contribution in [2.75, 3.05) is 6.61 Å². The number of guanidine groups is 1. The largest absolute Gasteiger partial charge is 0.380 e. The van der Waals surface area contributed by atoms with Crippen LogP contribution >= 0.6 is 0 Å². The molecule has 132 valence electrons. The molecule has 6 N–H and O–H groups in total. The van der Waals surface area contributed by atoms with E-state index < -0.39 is 0 Å². The van der Waals surface area contributed by atoms with Crippen molar-refractivity contribution in [2.24, 2.45) is 16.5 Å². The number of nitrogens with two attached hydrogens (primary N) is 2. The summed E-state index contributed by atoms with van der Waals surface area (Å²) < 4.78 is 11.8. The average Bonchev–Trinajstić information content (AvgIpc) is 3.24. The van der Waals surface area contributed by atoms with Gasteiger partial charge in [-0.05, 0) is 18.4 Å². The van der Waals surface area contributed by atoms with Crippen LogP contribution in [0.3, 0.4) is 0 Å². The van der Waals surface area contributed by atoms with Crippen molar-refractivity contribution in [2.45, 2.75) is 31.7 Å². The maximum atomic E-state index is 7.13. The normalized spacial score (nSPS) is 20.7. The molecule has 1 fully saturated rings. The summed E-state index contributed by atoms with van der Waals surface area (Å²) in [6, 6.07) is 10.1. The Bertz CT molecular complexity index is 743. The van der Waals surface area contributed by atoms with E-state index in [-0.39, 0.29) is 24.0 Å². The molecule has 1 aromatic heterocycles. The van der Waals surface area contributed by atoms with Crippen LogP contribution in [0.2, 0.25) is 0 Å². The van der Waals surface area contributed by atoms with E-state index in [0.717, 1.165) is 24.1 Å². The summed E-state index contributed by atoms with van der Waals surface area (Å²) in [6.45, 7) is 1.14. The van der Waals surface area contributed by atoms with Crippen LogP contribution in [0.1, 0.15) is 36.0 Å². The number of nitrogens with zero attached hydrogens (tertiary/aromatic N) is 2. The van der Waals surface area contributed by atoms with Crippen molar-refractivity contribution >= 4 is 11.8 Å². The number of rotatable bonds is 6. The van der Waals surface area contributed by atoms with Crippen LogP contribution in [0.5, 0.6) is 0 Å². The quantitative estimate of drug-likeness (QED) is 0.465. The summed E-state index contributed by atoms with van der Waals surface area (Å²) in [5.41, 5.74) is 12.9. The van der Waals surface area contributed by atoms with Crippen LogP contribution < -0.4 is 11.5 Å². The zero-order chi connectivity index (χ0) is 17.6. The SMILES string of the molecule is N=C(N)N=C(N)c1ncc(C2CCC(COCc3ccccc3)O2)[nH]1. The van der Waals surface area contributed by atoms with Crippen LogP contribution in [-0.2, 0) is 16.1 Å². The Hall–Kier alpha value is -2.71. The highest BCUT2D eigenvalue weighted by Gasteiger charge is 2.28. The van der Waals surface area contributed by atoms with Gasteiger partial charge in [-0.1, -0.05) is 30.3 Å². The number of H-pyrrole nitrogens is 1. The maximum absolute atomic E-state index is 7.13. The maximum Gasteiger partial charge on any atom is 0.214 e. The second kappa shape index (κ2) is 7.91. The number of aliphatic imine (C=N–C) groups is 1. The molecule has 0 saturated carbocycles. The molecular formula is C17H22N6O2. The van der Waals surface area contributed by atoms with Crippen molar-refractivity contribution in [3.63, 3.8) is 0 Å². The summed E-state index contributed by atoms with van der Waals surface area (Å²) >= 11 is 0. The molecule has 0 aliphatic carbocycles. The Kier molecular flexibility index (Phi) is 5.42. The minimum Gasteiger partial charge on any atom is -0.380 e. The third-order valence-corrected chi connectivity index (χ3v) is 3.95. The molecule has 3 rings (SSSR count). The molecule has 1 aromatic carbocycles. The zero-order valence-electron chi connectivity index (χ0n) is 13.8. The summed E-state index contributed by atoms with van der Waals surface area (Å²) in [5.74, 6) is 0.111. The first kappa shape index (κ1) is 17.1. The van der Waals surface area contributed by atoms with Crippen molar-refractivity contribution in [3.05, 3.63) is 53.6 Å². The number of aromatic amines is 1. The molecular weight excluding hydrogens is 320 g/mol. The Balaban J connectivity index is 1.49. The molecule has 2 unspecified atom stereocenters. The second-order valence-electron chi connectivity index (χ2n) is 5.89. The van der Waals surface area contributed by atoms with Crippen molar-refractivity contribution in [3.8, 4) is 0 Å². The van der Waals surface area contributed by atoms with E-state index in [1.54, 1.807) is 6.20 Å². The van der Waals surface area contributed by atoms with E-state index in [4.69, 9.17) is 26.4 Å². The van der Waals surface area contributed by atoms with E-state index >= 15 is 0 Å². The molecule has 8 heteroatoms. The summed E-state index contributed by atoms with van der Waals surface area (Å²) in [7, 11) is 0. The van der Waals surface area contributed by atoms with Crippen molar-refractivity contribution in [1.82, 2.24) is 9.97 Å². The van der Waals surface area contributed by atoms with Gasteiger partial charge in [0.2, 0.25) is 5.96 Å². The molecule has 1 aliphatic rings. The zero-order valence-corrected chi connectivity index (χ0v) is 13.8. The molecule has 2 atom stereocenters. The number of ether oxygens (including phenoxy) is 2. The van der Waals surface area contributed by atoms with Gasteiger partial charge in [-0.25, -0.2) is 4.98 Å². The summed E-state index contributed by atoms with van der Waals surface area (Å²) in [5, 5.41) is 7.13. The van der Waals surface area contributed by atoms with E-state index in [2.05, 4.69) is 15.0 Å². The van der Waals surface area contributed by atoms with Crippen LogP contribution in [0.4, 0.5) is 0 Å². The highest BCUT2D eigenvalue weighted by Crippen LogP contribution is 2.31. The number of nitrogens with one attached hydrogen (secondary N) is 2. The first-order valence-corrected chi connectivity index (χ1v) is 8.12. The predicted octanol–water partition coefficient (Wildman–Crippen LogP) is 1.45. The molecule has 1 saturated heterocycles. The molecule has 8 nitrogen and oxygen atoms in total. The van der Waals surface area contributed by atoms with Crippen LogP contribution in [-0.4, -0.2) is 34.5 Å². The van der Waals surface area contributed by atoms with Crippen molar-refractivity contribution < 1.29 is 9.47 Å². The lowest BCUT2D eigenvalue weighted by molar-refractivity contribution is -0.0215. The lowest BCUT2D eigenvalue weighted by Gasteiger charge is -2.13. The molecule has 0 amide bonds. The van der Waals surface area contributed by atoms with Crippen LogP contribution in [0.15, 0.2) is 41.5 Å². The Morgan fingerprint density at radius 3 is 2.88 bits per heavy atom. The van der Waals surface area contributed by atoms with Gasteiger partial charge in [0.15, 0.2) is 11.7 Å². The van der Waals surface area contributed by atoms with Crippen LogP contribution in [0, 0.1) is 5.41 Å². The van der Waals surface area contributed by atoms with Gasteiger partial charge < -0.3 is 25.9 Å². The Labute approximate surface area is 145 Å². The van der Waals surface area contributed by atoms with Gasteiger partial charge in [0.25, 0.3) is 0 Å². The van der Waals surface area contributed by atoms with Gasteiger partial charge in [0.1, 0.15) is 0 Å². The standard InChI is InChI=1S/C17H22N6O2/c18-15(23-17(19)20)16-21-8-13(22-16)14-7-6-12(25-14)10-24-9-11-4-2-1-3-5-11/h1-5,8,12,14H,6-7,9-10H2,(H,21,22)(H5,18,19,20,23). The molecule has 1 aliphatic heterocycles. The second-order valence-corrected chi connectivity index (χ2v) is 5.89. The number of benzene rings is 1. The van der Waals surface area contributed by atoms with E-state index in [0.29, 0.717) is 19.0 Å². The van der Waals surface area contributed by atoms with E-state index in [1.807, 2.05) is 30.3 Å². The average molecular weight is 342 g/mol. The number of amidine groups is 1. The van der Waals surface area contributed by atoms with Crippen LogP contribution in [0.25, 0.3) is 0 Å². The van der Waals surface area contributed by atoms with E-state index in [9.17, 15) is 0 Å².